The summed E-state index contributed by atoms with van der Waals surface area (Å²) in [5.41, 5.74) is 2.80. The summed E-state index contributed by atoms with van der Waals surface area (Å²) >= 11 is 0. The zero-order valence-electron chi connectivity index (χ0n) is 13.2. The van der Waals surface area contributed by atoms with Gasteiger partial charge in [-0.15, -0.1) is 0 Å². The number of benzene rings is 2. The summed E-state index contributed by atoms with van der Waals surface area (Å²) in [6, 6.07) is 18.9. The molecule has 0 heterocycles. The van der Waals surface area contributed by atoms with Gasteiger partial charge < -0.3 is 10.1 Å². The molecule has 0 aliphatic carbocycles. The number of ether oxygens (including phenoxy) is 1. The van der Waals surface area contributed by atoms with E-state index in [4.69, 9.17) is 4.74 Å². The van der Waals surface area contributed by atoms with Crippen LogP contribution in [0.25, 0.3) is 0 Å². The van der Waals surface area contributed by atoms with Crippen molar-refractivity contribution in [2.45, 2.75) is 38.8 Å². The number of hydrogen-bond donors (Lipinski definition) is 1. The highest BCUT2D eigenvalue weighted by atomic mass is 16.5. The molecule has 2 heteroatoms. The molecule has 0 amide bonds. The molecular formula is C19H25NO. The number of rotatable bonds is 7. The zero-order valence-corrected chi connectivity index (χ0v) is 13.2. The van der Waals surface area contributed by atoms with Crippen molar-refractivity contribution >= 4 is 0 Å². The largest absolute Gasteiger partial charge is 0.497 e. The normalized spacial score (nSPS) is 11.4. The second-order valence-corrected chi connectivity index (χ2v) is 6.07. The maximum atomic E-state index is 5.18. The molecule has 0 aliphatic heterocycles. The van der Waals surface area contributed by atoms with E-state index in [0.717, 1.165) is 25.1 Å². The SMILES string of the molecule is COc1ccc(CNC(C)(C)CCc2ccccc2)cc1. The van der Waals surface area contributed by atoms with Crippen LogP contribution in [-0.4, -0.2) is 12.6 Å². The van der Waals surface area contributed by atoms with Gasteiger partial charge in [0.15, 0.2) is 0 Å². The fraction of sp³-hybridized carbons (Fsp3) is 0.368. The van der Waals surface area contributed by atoms with E-state index in [2.05, 4.69) is 61.6 Å². The monoisotopic (exact) mass is 283 g/mol. The lowest BCUT2D eigenvalue weighted by Crippen LogP contribution is -2.39. The first-order valence-electron chi connectivity index (χ1n) is 7.51. The highest BCUT2D eigenvalue weighted by Gasteiger charge is 2.16. The topological polar surface area (TPSA) is 21.3 Å². The van der Waals surface area contributed by atoms with E-state index in [1.807, 2.05) is 12.1 Å². The van der Waals surface area contributed by atoms with E-state index >= 15 is 0 Å². The Morgan fingerprint density at radius 3 is 2.19 bits per heavy atom. The predicted molar refractivity (Wildman–Crippen MR) is 88.7 cm³/mol. The quantitative estimate of drug-likeness (QED) is 0.822. The Balaban J connectivity index is 1.82. The van der Waals surface area contributed by atoms with E-state index in [1.54, 1.807) is 7.11 Å². The van der Waals surface area contributed by atoms with Gasteiger partial charge in [0, 0.05) is 12.1 Å². The molecule has 112 valence electrons. The smallest absolute Gasteiger partial charge is 0.118 e. The van der Waals surface area contributed by atoms with Crippen LogP contribution in [0.15, 0.2) is 54.6 Å². The summed E-state index contributed by atoms with van der Waals surface area (Å²) in [5.74, 6) is 0.905. The van der Waals surface area contributed by atoms with Crippen molar-refractivity contribution in [3.05, 3.63) is 65.7 Å². The molecule has 0 aliphatic rings. The lowest BCUT2D eigenvalue weighted by Gasteiger charge is -2.26. The van der Waals surface area contributed by atoms with Crippen LogP contribution in [0, 0.1) is 0 Å². The molecular weight excluding hydrogens is 258 g/mol. The van der Waals surface area contributed by atoms with Crippen molar-refractivity contribution in [3.63, 3.8) is 0 Å². The minimum absolute atomic E-state index is 0.121. The fourth-order valence-corrected chi connectivity index (χ4v) is 2.27. The lowest BCUT2D eigenvalue weighted by molar-refractivity contribution is 0.360. The van der Waals surface area contributed by atoms with Gasteiger partial charge in [-0.25, -0.2) is 0 Å². The van der Waals surface area contributed by atoms with E-state index in [-0.39, 0.29) is 5.54 Å². The third kappa shape index (κ3) is 5.24. The number of methoxy groups -OCH3 is 1. The van der Waals surface area contributed by atoms with Gasteiger partial charge in [-0.3, -0.25) is 0 Å². The Bertz CT molecular complexity index is 531. The molecule has 0 spiro atoms. The Labute approximate surface area is 128 Å². The van der Waals surface area contributed by atoms with Crippen LogP contribution in [0.5, 0.6) is 5.75 Å². The lowest BCUT2D eigenvalue weighted by atomic mass is 9.95. The second kappa shape index (κ2) is 7.28. The molecule has 2 aromatic carbocycles. The molecule has 0 fully saturated rings. The molecule has 0 saturated carbocycles. The molecule has 21 heavy (non-hydrogen) atoms. The Kier molecular flexibility index (Phi) is 5.40. The van der Waals surface area contributed by atoms with Crippen LogP contribution < -0.4 is 10.1 Å². The number of aryl methyl sites for hydroxylation is 1. The summed E-state index contributed by atoms with van der Waals surface area (Å²) in [7, 11) is 1.69. The summed E-state index contributed by atoms with van der Waals surface area (Å²) in [6.45, 7) is 5.41. The van der Waals surface area contributed by atoms with Crippen LogP contribution >= 0.6 is 0 Å². The van der Waals surface area contributed by atoms with Crippen molar-refractivity contribution in [1.29, 1.82) is 0 Å². The average molecular weight is 283 g/mol. The molecule has 0 bridgehead atoms. The molecule has 0 aromatic heterocycles. The van der Waals surface area contributed by atoms with Crippen molar-refractivity contribution in [2.75, 3.05) is 7.11 Å². The molecule has 0 radical (unpaired) electrons. The van der Waals surface area contributed by atoms with Crippen molar-refractivity contribution in [3.8, 4) is 5.75 Å². The molecule has 0 unspecified atom stereocenters. The first-order chi connectivity index (χ1) is 10.1. The third-order valence-corrected chi connectivity index (χ3v) is 3.81. The first kappa shape index (κ1) is 15.6. The van der Waals surface area contributed by atoms with Gasteiger partial charge in [0.2, 0.25) is 0 Å². The van der Waals surface area contributed by atoms with Crippen molar-refractivity contribution in [1.82, 2.24) is 5.32 Å². The van der Waals surface area contributed by atoms with Crippen LogP contribution in [0.2, 0.25) is 0 Å². The first-order valence-corrected chi connectivity index (χ1v) is 7.51. The van der Waals surface area contributed by atoms with Gasteiger partial charge in [-0.05, 0) is 49.9 Å². The highest BCUT2D eigenvalue weighted by molar-refractivity contribution is 5.27. The minimum atomic E-state index is 0.121. The van der Waals surface area contributed by atoms with Crippen LogP contribution in [-0.2, 0) is 13.0 Å². The molecule has 1 N–H and O–H groups in total. The molecule has 0 atom stereocenters. The summed E-state index contributed by atoms with van der Waals surface area (Å²) in [6.07, 6.45) is 2.22. The van der Waals surface area contributed by atoms with Crippen LogP contribution in [0.1, 0.15) is 31.4 Å². The standard InChI is InChI=1S/C19H25NO/c1-19(2,14-13-16-7-5-4-6-8-16)20-15-17-9-11-18(21-3)12-10-17/h4-12,20H,13-15H2,1-3H3. The van der Waals surface area contributed by atoms with E-state index in [1.165, 1.54) is 11.1 Å². The van der Waals surface area contributed by atoms with E-state index < -0.39 is 0 Å². The minimum Gasteiger partial charge on any atom is -0.497 e. The molecule has 2 aromatic rings. The second-order valence-electron chi connectivity index (χ2n) is 6.07. The summed E-state index contributed by atoms with van der Waals surface area (Å²) in [5, 5.41) is 3.64. The van der Waals surface area contributed by atoms with Gasteiger partial charge in [0.05, 0.1) is 7.11 Å². The van der Waals surface area contributed by atoms with Crippen molar-refractivity contribution < 1.29 is 4.74 Å². The maximum absolute atomic E-state index is 5.18. The third-order valence-electron chi connectivity index (χ3n) is 3.81. The molecule has 2 nitrogen and oxygen atoms in total. The Morgan fingerprint density at radius 2 is 1.57 bits per heavy atom. The Morgan fingerprint density at radius 1 is 0.905 bits per heavy atom. The van der Waals surface area contributed by atoms with Crippen molar-refractivity contribution in [2.24, 2.45) is 0 Å². The fourth-order valence-electron chi connectivity index (χ4n) is 2.27. The highest BCUT2D eigenvalue weighted by Crippen LogP contribution is 2.16. The van der Waals surface area contributed by atoms with E-state index in [0.29, 0.717) is 0 Å². The zero-order chi connectivity index (χ0) is 15.1. The molecule has 2 rings (SSSR count). The van der Waals surface area contributed by atoms with Crippen LogP contribution in [0.4, 0.5) is 0 Å². The predicted octanol–water partition coefficient (Wildman–Crippen LogP) is 4.20. The Hall–Kier alpha value is -1.80. The van der Waals surface area contributed by atoms with Crippen LogP contribution in [0.3, 0.4) is 0 Å². The van der Waals surface area contributed by atoms with Gasteiger partial charge in [0.25, 0.3) is 0 Å². The summed E-state index contributed by atoms with van der Waals surface area (Å²) in [4.78, 5) is 0. The number of hydrogen-bond acceptors (Lipinski definition) is 2. The molecule has 0 saturated heterocycles. The average Bonchev–Trinajstić information content (AvgIpc) is 2.53. The van der Waals surface area contributed by atoms with Gasteiger partial charge in [-0.1, -0.05) is 42.5 Å². The van der Waals surface area contributed by atoms with E-state index in [9.17, 15) is 0 Å². The summed E-state index contributed by atoms with van der Waals surface area (Å²) < 4.78 is 5.18. The maximum Gasteiger partial charge on any atom is 0.118 e. The van der Waals surface area contributed by atoms with Gasteiger partial charge in [0.1, 0.15) is 5.75 Å². The van der Waals surface area contributed by atoms with Gasteiger partial charge >= 0.3 is 0 Å². The van der Waals surface area contributed by atoms with Gasteiger partial charge in [-0.2, -0.15) is 0 Å². The number of nitrogens with one attached hydrogen (secondary N) is 1.